The van der Waals surface area contributed by atoms with E-state index in [1.807, 2.05) is 38.1 Å². The first-order valence-electron chi connectivity index (χ1n) is 10.00. The molecule has 0 saturated carbocycles. The number of benzene rings is 2. The molecule has 4 unspecified atom stereocenters. The van der Waals surface area contributed by atoms with Crippen LogP contribution in [-0.4, -0.2) is 29.9 Å². The van der Waals surface area contributed by atoms with E-state index in [9.17, 15) is 4.79 Å². The van der Waals surface area contributed by atoms with Crippen molar-refractivity contribution in [3.8, 4) is 0 Å². The van der Waals surface area contributed by atoms with Crippen molar-refractivity contribution >= 4 is 28.9 Å². The van der Waals surface area contributed by atoms with Crippen molar-refractivity contribution in [1.29, 1.82) is 0 Å². The minimum atomic E-state index is -0.106. The molecule has 0 aliphatic carbocycles. The standard InChI is InChI=1S/C23H28ClN3O/c1-13-10-19(25)20(11-14(13)2)26-23(28)22-18(15-4-6-16(24)7-5-15)12-17-8-9-21(22)27(17)3/h4-7,10-11,17-18,21-22H,8-9,12,25H2,1-3H3,(H,26,28). The molecule has 2 heterocycles. The van der Waals surface area contributed by atoms with Crippen LogP contribution in [0, 0.1) is 19.8 Å². The Labute approximate surface area is 172 Å². The lowest BCUT2D eigenvalue weighted by Crippen LogP contribution is -2.50. The van der Waals surface area contributed by atoms with Crippen molar-refractivity contribution < 1.29 is 4.79 Å². The van der Waals surface area contributed by atoms with Gasteiger partial charge in [0.25, 0.3) is 0 Å². The lowest BCUT2D eigenvalue weighted by atomic mass is 9.75. The summed E-state index contributed by atoms with van der Waals surface area (Å²) in [6.07, 6.45) is 3.21. The predicted octanol–water partition coefficient (Wildman–Crippen LogP) is 4.74. The third-order valence-electron chi connectivity index (χ3n) is 6.79. The van der Waals surface area contributed by atoms with Gasteiger partial charge in [0.05, 0.1) is 17.3 Å². The van der Waals surface area contributed by atoms with Gasteiger partial charge >= 0.3 is 0 Å². The number of hydrogen-bond donors (Lipinski definition) is 2. The maximum atomic E-state index is 13.5. The van der Waals surface area contributed by atoms with E-state index in [2.05, 4.69) is 29.4 Å². The first kappa shape index (κ1) is 19.3. The molecule has 2 saturated heterocycles. The van der Waals surface area contributed by atoms with Gasteiger partial charge in [-0.2, -0.15) is 0 Å². The molecule has 2 aromatic carbocycles. The summed E-state index contributed by atoms with van der Waals surface area (Å²) in [6.45, 7) is 4.07. The van der Waals surface area contributed by atoms with Crippen LogP contribution in [0.1, 0.15) is 41.9 Å². The smallest absolute Gasteiger partial charge is 0.229 e. The lowest BCUT2D eigenvalue weighted by molar-refractivity contribution is -0.124. The Hall–Kier alpha value is -2.04. The molecule has 1 amide bonds. The Morgan fingerprint density at radius 2 is 1.82 bits per heavy atom. The summed E-state index contributed by atoms with van der Waals surface area (Å²) in [5.41, 5.74) is 11.0. The number of carbonyl (C=O) groups excluding carboxylic acids is 1. The van der Waals surface area contributed by atoms with Crippen LogP contribution in [0.2, 0.25) is 5.02 Å². The van der Waals surface area contributed by atoms with E-state index in [0.717, 1.165) is 35.4 Å². The monoisotopic (exact) mass is 397 g/mol. The Morgan fingerprint density at radius 1 is 1.14 bits per heavy atom. The average Bonchev–Trinajstić information content (AvgIpc) is 2.89. The minimum Gasteiger partial charge on any atom is -0.397 e. The summed E-state index contributed by atoms with van der Waals surface area (Å²) >= 11 is 6.09. The van der Waals surface area contributed by atoms with Gasteiger partial charge in [0.1, 0.15) is 0 Å². The predicted molar refractivity (Wildman–Crippen MR) is 116 cm³/mol. The number of hydrogen-bond acceptors (Lipinski definition) is 3. The number of anilines is 2. The number of nitrogens with two attached hydrogens (primary N) is 1. The number of nitrogen functional groups attached to an aromatic ring is 1. The van der Waals surface area contributed by atoms with Crippen molar-refractivity contribution in [3.05, 3.63) is 58.1 Å². The molecule has 3 N–H and O–H groups in total. The number of aryl methyl sites for hydroxylation is 2. The third kappa shape index (κ3) is 3.40. The van der Waals surface area contributed by atoms with Crippen molar-refractivity contribution in [1.82, 2.24) is 4.90 Å². The highest BCUT2D eigenvalue weighted by Gasteiger charge is 2.49. The second-order valence-electron chi connectivity index (χ2n) is 8.40. The van der Waals surface area contributed by atoms with E-state index >= 15 is 0 Å². The normalized spacial score (nSPS) is 27.0. The number of carbonyl (C=O) groups is 1. The Balaban J connectivity index is 1.66. The van der Waals surface area contributed by atoms with Crippen LogP contribution in [0.4, 0.5) is 11.4 Å². The maximum Gasteiger partial charge on any atom is 0.229 e. The van der Waals surface area contributed by atoms with Gasteiger partial charge in [-0.25, -0.2) is 0 Å². The van der Waals surface area contributed by atoms with E-state index in [1.54, 1.807) is 0 Å². The summed E-state index contributed by atoms with van der Waals surface area (Å²) < 4.78 is 0. The van der Waals surface area contributed by atoms with Gasteiger partial charge in [0.15, 0.2) is 0 Å². The van der Waals surface area contributed by atoms with Crippen molar-refractivity contribution in [2.45, 2.75) is 51.1 Å². The molecule has 4 rings (SSSR count). The van der Waals surface area contributed by atoms with Gasteiger partial charge in [-0.1, -0.05) is 23.7 Å². The van der Waals surface area contributed by atoms with Gasteiger partial charge in [0, 0.05) is 17.1 Å². The Kier molecular flexibility index (Phi) is 5.11. The van der Waals surface area contributed by atoms with Crippen LogP contribution < -0.4 is 11.1 Å². The fourth-order valence-corrected chi connectivity index (χ4v) is 5.17. The van der Waals surface area contributed by atoms with Crippen molar-refractivity contribution in [2.24, 2.45) is 5.92 Å². The number of amides is 1. The zero-order chi connectivity index (χ0) is 20.0. The van der Waals surface area contributed by atoms with Crippen molar-refractivity contribution in [2.75, 3.05) is 18.1 Å². The molecule has 28 heavy (non-hydrogen) atoms. The zero-order valence-corrected chi connectivity index (χ0v) is 17.5. The molecule has 148 valence electrons. The topological polar surface area (TPSA) is 58.4 Å². The first-order valence-corrected chi connectivity index (χ1v) is 10.4. The maximum absolute atomic E-state index is 13.5. The minimum absolute atomic E-state index is 0.0621. The fraction of sp³-hybridized carbons (Fsp3) is 0.435. The first-order chi connectivity index (χ1) is 13.3. The number of piperidine rings is 1. The molecule has 4 atom stereocenters. The summed E-state index contributed by atoms with van der Waals surface area (Å²) in [5.74, 6) is 0.150. The van der Waals surface area contributed by atoms with Crippen LogP contribution in [0.5, 0.6) is 0 Å². The van der Waals surface area contributed by atoms with Crippen LogP contribution in [-0.2, 0) is 4.79 Å². The molecule has 0 spiro atoms. The summed E-state index contributed by atoms with van der Waals surface area (Å²) in [4.78, 5) is 15.9. The Bertz CT molecular complexity index is 895. The van der Waals surface area contributed by atoms with Crippen LogP contribution in [0.15, 0.2) is 36.4 Å². The highest BCUT2D eigenvalue weighted by Crippen LogP contribution is 2.46. The lowest BCUT2D eigenvalue weighted by Gasteiger charge is -2.42. The van der Waals surface area contributed by atoms with Gasteiger partial charge in [0.2, 0.25) is 5.91 Å². The number of fused-ring (bicyclic) bond motifs is 2. The molecule has 0 radical (unpaired) electrons. The van der Waals surface area contributed by atoms with Gasteiger partial charge < -0.3 is 11.1 Å². The van der Waals surface area contributed by atoms with E-state index in [0.29, 0.717) is 17.4 Å². The van der Waals surface area contributed by atoms with Crippen LogP contribution in [0.3, 0.4) is 0 Å². The molecule has 2 fully saturated rings. The van der Waals surface area contributed by atoms with Crippen molar-refractivity contribution in [3.63, 3.8) is 0 Å². The summed E-state index contributed by atoms with van der Waals surface area (Å²) in [5, 5.41) is 3.87. The quantitative estimate of drug-likeness (QED) is 0.735. The molecular formula is C23H28ClN3O. The number of nitrogens with zero attached hydrogens (tertiary/aromatic N) is 1. The molecule has 4 nitrogen and oxygen atoms in total. The second kappa shape index (κ2) is 7.41. The third-order valence-corrected chi connectivity index (χ3v) is 7.05. The molecule has 0 aromatic heterocycles. The molecular weight excluding hydrogens is 370 g/mol. The molecule has 2 bridgehead atoms. The highest BCUT2D eigenvalue weighted by atomic mass is 35.5. The van der Waals surface area contributed by atoms with E-state index in [1.165, 1.54) is 5.56 Å². The average molecular weight is 398 g/mol. The molecule has 2 aliphatic heterocycles. The second-order valence-corrected chi connectivity index (χ2v) is 8.83. The number of rotatable bonds is 3. The fourth-order valence-electron chi connectivity index (χ4n) is 5.04. The highest BCUT2D eigenvalue weighted by molar-refractivity contribution is 6.30. The molecule has 2 aliphatic rings. The van der Waals surface area contributed by atoms with Crippen LogP contribution >= 0.6 is 11.6 Å². The molecule has 5 heteroatoms. The SMILES string of the molecule is Cc1cc(N)c(NC(=O)C2C(c3ccc(Cl)cc3)CC3CCC2N3C)cc1C. The van der Waals surface area contributed by atoms with Crippen LogP contribution in [0.25, 0.3) is 0 Å². The zero-order valence-electron chi connectivity index (χ0n) is 16.7. The number of halogens is 1. The molecule has 2 aromatic rings. The van der Waals surface area contributed by atoms with Gasteiger partial charge in [-0.3, -0.25) is 9.69 Å². The van der Waals surface area contributed by atoms with Gasteiger partial charge in [-0.15, -0.1) is 0 Å². The largest absolute Gasteiger partial charge is 0.397 e. The Morgan fingerprint density at radius 3 is 2.54 bits per heavy atom. The van der Waals surface area contributed by atoms with Gasteiger partial charge in [-0.05, 0) is 87.0 Å². The van der Waals surface area contributed by atoms with E-state index < -0.39 is 0 Å². The van der Waals surface area contributed by atoms with E-state index in [4.69, 9.17) is 17.3 Å². The summed E-state index contributed by atoms with van der Waals surface area (Å²) in [6, 6.07) is 12.7. The number of nitrogens with one attached hydrogen (secondary N) is 1. The summed E-state index contributed by atoms with van der Waals surface area (Å²) in [7, 11) is 2.16. The van der Waals surface area contributed by atoms with E-state index in [-0.39, 0.29) is 23.8 Å².